The standard InChI is InChI=1S/C13H11FN2O2/c1-8-6-9(14)2-3-11(8)16-10-4-5-15-12(7-10)13(17)18/h2-7H,1H3,(H,15,16)(H,17,18). The average molecular weight is 246 g/mol. The Balaban J connectivity index is 2.28. The first-order chi connectivity index (χ1) is 8.56. The van der Waals surface area contributed by atoms with Crippen LogP contribution in [0.15, 0.2) is 36.5 Å². The zero-order valence-corrected chi connectivity index (χ0v) is 9.64. The van der Waals surface area contributed by atoms with Gasteiger partial charge in [-0.15, -0.1) is 0 Å². The van der Waals surface area contributed by atoms with Crippen LogP contribution >= 0.6 is 0 Å². The van der Waals surface area contributed by atoms with Gasteiger partial charge in [0.15, 0.2) is 0 Å². The third-order valence-corrected chi connectivity index (χ3v) is 2.45. The fourth-order valence-corrected chi connectivity index (χ4v) is 1.55. The number of pyridine rings is 1. The molecule has 0 aliphatic rings. The third-order valence-electron chi connectivity index (χ3n) is 2.45. The second-order valence-corrected chi connectivity index (χ2v) is 3.82. The van der Waals surface area contributed by atoms with Crippen molar-refractivity contribution in [2.45, 2.75) is 6.92 Å². The summed E-state index contributed by atoms with van der Waals surface area (Å²) in [6, 6.07) is 7.42. The van der Waals surface area contributed by atoms with Crippen molar-refractivity contribution in [2.75, 3.05) is 5.32 Å². The molecule has 0 atom stereocenters. The van der Waals surface area contributed by atoms with E-state index in [0.717, 1.165) is 11.3 Å². The van der Waals surface area contributed by atoms with Gasteiger partial charge in [-0.25, -0.2) is 14.2 Å². The Morgan fingerprint density at radius 3 is 2.78 bits per heavy atom. The summed E-state index contributed by atoms with van der Waals surface area (Å²) in [5.74, 6) is -1.39. The molecule has 0 radical (unpaired) electrons. The maximum Gasteiger partial charge on any atom is 0.354 e. The number of halogens is 1. The highest BCUT2D eigenvalue weighted by Crippen LogP contribution is 2.21. The zero-order valence-electron chi connectivity index (χ0n) is 9.64. The summed E-state index contributed by atoms with van der Waals surface area (Å²) in [5.41, 5.74) is 2.01. The second kappa shape index (κ2) is 4.83. The van der Waals surface area contributed by atoms with Crippen LogP contribution in [0.4, 0.5) is 15.8 Å². The predicted octanol–water partition coefficient (Wildman–Crippen LogP) is 2.97. The maximum atomic E-state index is 12.9. The van der Waals surface area contributed by atoms with Crippen LogP contribution in [0.1, 0.15) is 16.1 Å². The number of nitrogens with one attached hydrogen (secondary N) is 1. The summed E-state index contributed by atoms with van der Waals surface area (Å²) in [7, 11) is 0. The molecule has 0 spiro atoms. The van der Waals surface area contributed by atoms with E-state index in [-0.39, 0.29) is 11.5 Å². The van der Waals surface area contributed by atoms with Crippen LogP contribution in [0.3, 0.4) is 0 Å². The lowest BCUT2D eigenvalue weighted by molar-refractivity contribution is 0.0690. The average Bonchev–Trinajstić information content (AvgIpc) is 2.33. The fourth-order valence-electron chi connectivity index (χ4n) is 1.55. The third kappa shape index (κ3) is 2.63. The molecule has 0 aliphatic heterocycles. The first-order valence-corrected chi connectivity index (χ1v) is 5.29. The number of carbonyl (C=O) groups is 1. The van der Waals surface area contributed by atoms with Gasteiger partial charge in [-0.2, -0.15) is 0 Å². The Morgan fingerprint density at radius 1 is 1.33 bits per heavy atom. The Kier molecular flexibility index (Phi) is 3.23. The Bertz CT molecular complexity index is 599. The summed E-state index contributed by atoms with van der Waals surface area (Å²) in [6.07, 6.45) is 1.41. The number of carboxylic acids is 1. The molecule has 1 aromatic heterocycles. The van der Waals surface area contributed by atoms with Crippen LogP contribution in [-0.4, -0.2) is 16.1 Å². The molecule has 1 aromatic carbocycles. The van der Waals surface area contributed by atoms with Crippen molar-refractivity contribution in [1.82, 2.24) is 4.98 Å². The van der Waals surface area contributed by atoms with Crippen molar-refractivity contribution in [3.05, 3.63) is 53.6 Å². The van der Waals surface area contributed by atoms with Gasteiger partial charge in [0.2, 0.25) is 0 Å². The molecule has 4 nitrogen and oxygen atoms in total. The Hall–Kier alpha value is -2.43. The van der Waals surface area contributed by atoms with E-state index in [0.29, 0.717) is 5.69 Å². The number of aromatic carboxylic acids is 1. The van der Waals surface area contributed by atoms with E-state index in [1.165, 1.54) is 24.4 Å². The minimum atomic E-state index is -1.09. The van der Waals surface area contributed by atoms with Crippen LogP contribution in [0.25, 0.3) is 0 Å². The summed E-state index contributed by atoms with van der Waals surface area (Å²) >= 11 is 0. The Morgan fingerprint density at radius 2 is 2.11 bits per heavy atom. The monoisotopic (exact) mass is 246 g/mol. The van der Waals surface area contributed by atoms with Crippen molar-refractivity contribution in [3.8, 4) is 0 Å². The molecule has 1 heterocycles. The number of hydrogen-bond donors (Lipinski definition) is 2. The molecule has 0 fully saturated rings. The van der Waals surface area contributed by atoms with Gasteiger partial charge in [0.1, 0.15) is 11.5 Å². The van der Waals surface area contributed by atoms with Crippen molar-refractivity contribution in [2.24, 2.45) is 0 Å². The number of nitrogens with zero attached hydrogens (tertiary/aromatic N) is 1. The van der Waals surface area contributed by atoms with E-state index in [4.69, 9.17) is 5.11 Å². The Labute approximate surface area is 103 Å². The van der Waals surface area contributed by atoms with Gasteiger partial charge in [-0.05, 0) is 42.8 Å². The van der Waals surface area contributed by atoms with Crippen molar-refractivity contribution >= 4 is 17.3 Å². The van der Waals surface area contributed by atoms with Gasteiger partial charge in [-0.1, -0.05) is 0 Å². The lowest BCUT2D eigenvalue weighted by Gasteiger charge is -2.09. The molecule has 5 heteroatoms. The van der Waals surface area contributed by atoms with Gasteiger partial charge in [0.25, 0.3) is 0 Å². The number of carboxylic acid groups (broad SMARTS) is 1. The normalized spacial score (nSPS) is 10.1. The highest BCUT2D eigenvalue weighted by molar-refractivity contribution is 5.86. The summed E-state index contributed by atoms with van der Waals surface area (Å²) < 4.78 is 12.9. The smallest absolute Gasteiger partial charge is 0.354 e. The minimum Gasteiger partial charge on any atom is -0.477 e. The molecular weight excluding hydrogens is 235 g/mol. The summed E-state index contributed by atoms with van der Waals surface area (Å²) in [6.45, 7) is 1.77. The lowest BCUT2D eigenvalue weighted by atomic mass is 10.2. The molecule has 92 valence electrons. The van der Waals surface area contributed by atoms with Gasteiger partial charge < -0.3 is 10.4 Å². The molecule has 18 heavy (non-hydrogen) atoms. The van der Waals surface area contributed by atoms with E-state index in [9.17, 15) is 9.18 Å². The fraction of sp³-hybridized carbons (Fsp3) is 0.0769. The van der Waals surface area contributed by atoms with Crippen LogP contribution in [-0.2, 0) is 0 Å². The number of aryl methyl sites for hydroxylation is 1. The maximum absolute atomic E-state index is 12.9. The number of benzene rings is 1. The van der Waals surface area contributed by atoms with E-state index < -0.39 is 5.97 Å². The van der Waals surface area contributed by atoms with E-state index in [1.807, 2.05) is 0 Å². The van der Waals surface area contributed by atoms with Crippen molar-refractivity contribution in [1.29, 1.82) is 0 Å². The lowest BCUT2D eigenvalue weighted by Crippen LogP contribution is -2.01. The van der Waals surface area contributed by atoms with Gasteiger partial charge in [0.05, 0.1) is 0 Å². The van der Waals surface area contributed by atoms with E-state index in [2.05, 4.69) is 10.3 Å². The predicted molar refractivity (Wildman–Crippen MR) is 65.6 cm³/mol. The van der Waals surface area contributed by atoms with Crippen molar-refractivity contribution < 1.29 is 14.3 Å². The van der Waals surface area contributed by atoms with Gasteiger partial charge >= 0.3 is 5.97 Å². The molecule has 0 unspecified atom stereocenters. The highest BCUT2D eigenvalue weighted by atomic mass is 19.1. The van der Waals surface area contributed by atoms with Gasteiger partial charge in [-0.3, -0.25) is 0 Å². The summed E-state index contributed by atoms with van der Waals surface area (Å²) in [4.78, 5) is 14.5. The molecule has 2 aromatic rings. The summed E-state index contributed by atoms with van der Waals surface area (Å²) in [5, 5.41) is 11.9. The van der Waals surface area contributed by atoms with E-state index >= 15 is 0 Å². The molecule has 0 amide bonds. The first-order valence-electron chi connectivity index (χ1n) is 5.29. The molecule has 0 saturated heterocycles. The second-order valence-electron chi connectivity index (χ2n) is 3.82. The number of aromatic nitrogens is 1. The molecular formula is C13H11FN2O2. The van der Waals surface area contributed by atoms with Crippen LogP contribution < -0.4 is 5.32 Å². The van der Waals surface area contributed by atoms with Crippen LogP contribution in [0.5, 0.6) is 0 Å². The SMILES string of the molecule is Cc1cc(F)ccc1Nc1ccnc(C(=O)O)c1. The number of rotatable bonds is 3. The number of hydrogen-bond acceptors (Lipinski definition) is 3. The largest absolute Gasteiger partial charge is 0.477 e. The highest BCUT2D eigenvalue weighted by Gasteiger charge is 2.06. The minimum absolute atomic E-state index is 0.0419. The molecule has 0 saturated carbocycles. The van der Waals surface area contributed by atoms with Crippen LogP contribution in [0, 0.1) is 12.7 Å². The molecule has 2 rings (SSSR count). The first kappa shape index (κ1) is 12.0. The van der Waals surface area contributed by atoms with Crippen LogP contribution in [0.2, 0.25) is 0 Å². The topological polar surface area (TPSA) is 62.2 Å². The quantitative estimate of drug-likeness (QED) is 0.874. The van der Waals surface area contributed by atoms with Gasteiger partial charge in [0, 0.05) is 17.6 Å². The molecule has 0 aliphatic carbocycles. The molecule has 2 N–H and O–H groups in total. The molecule has 0 bridgehead atoms. The number of anilines is 2. The van der Waals surface area contributed by atoms with Crippen molar-refractivity contribution in [3.63, 3.8) is 0 Å². The zero-order chi connectivity index (χ0) is 13.1. The van der Waals surface area contributed by atoms with E-state index in [1.54, 1.807) is 19.1 Å².